The minimum Gasteiger partial charge on any atom is -0.456 e. The van der Waals surface area contributed by atoms with E-state index in [2.05, 4.69) is 205 Å². The summed E-state index contributed by atoms with van der Waals surface area (Å²) in [5.74, 6) is 0. The van der Waals surface area contributed by atoms with E-state index in [1.165, 1.54) is 59.1 Å². The summed E-state index contributed by atoms with van der Waals surface area (Å²) in [5, 5.41) is 4.83. The number of para-hydroxylation sites is 1. The van der Waals surface area contributed by atoms with E-state index in [-0.39, 0.29) is 0 Å². The predicted octanol–water partition coefficient (Wildman–Crippen LogP) is 16.1. The van der Waals surface area contributed by atoms with Crippen LogP contribution in [0.3, 0.4) is 0 Å². The van der Waals surface area contributed by atoms with E-state index >= 15 is 0 Å². The number of hydrogen-bond donors (Lipinski definition) is 0. The van der Waals surface area contributed by atoms with Gasteiger partial charge in [-0.05, 0) is 93.5 Å². The molecule has 0 aliphatic rings. The highest BCUT2D eigenvalue weighted by Gasteiger charge is 2.20. The summed E-state index contributed by atoms with van der Waals surface area (Å²) in [6.07, 6.45) is 0. The lowest BCUT2D eigenvalue weighted by atomic mass is 9.90. The van der Waals surface area contributed by atoms with Gasteiger partial charge >= 0.3 is 0 Å². The van der Waals surface area contributed by atoms with Crippen molar-refractivity contribution < 1.29 is 4.42 Å². The molecule has 0 radical (unpaired) electrons. The third-order valence-electron chi connectivity index (χ3n) is 11.1. The Hall–Kier alpha value is -7.20. The minimum atomic E-state index is 0.871. The molecule has 2 aromatic heterocycles. The molecule has 0 saturated carbocycles. The van der Waals surface area contributed by atoms with Gasteiger partial charge in [-0.3, -0.25) is 0 Å². The Morgan fingerprint density at radius 1 is 0.351 bits per heavy atom. The maximum absolute atomic E-state index is 6.37. The second-order valence-corrected chi connectivity index (χ2v) is 15.5. The molecule has 9 aromatic carbocycles. The van der Waals surface area contributed by atoms with Crippen molar-refractivity contribution in [3.8, 4) is 44.5 Å². The molecule has 0 saturated heterocycles. The molecule has 11 aromatic rings. The molecule has 0 amide bonds. The quantitative estimate of drug-likeness (QED) is 0.162. The van der Waals surface area contributed by atoms with Gasteiger partial charge in [-0.25, -0.2) is 0 Å². The molecular formula is C54H35NOS. The smallest absolute Gasteiger partial charge is 0.137 e. The maximum atomic E-state index is 6.37. The Morgan fingerprint density at radius 2 is 0.912 bits per heavy atom. The zero-order chi connectivity index (χ0) is 37.7. The molecule has 268 valence electrons. The van der Waals surface area contributed by atoms with Gasteiger partial charge in [-0.2, -0.15) is 0 Å². The summed E-state index contributed by atoms with van der Waals surface area (Å²) in [7, 11) is 0. The standard InChI is InChI=1S/C54H35NOS/c1-3-13-36(14-4-1)37-25-30-41(31-26-37)55(49-21-12-23-51-53(49)47-18-7-9-22-50(47)56-51)42-32-27-38(28-33-42)40-29-34-43(48(35-40)39-15-5-2-6-16-39)45-19-11-20-46-44-17-8-10-24-52(44)57-54(45)46/h1-35H. The summed E-state index contributed by atoms with van der Waals surface area (Å²) in [6.45, 7) is 0. The maximum Gasteiger partial charge on any atom is 0.137 e. The second-order valence-electron chi connectivity index (χ2n) is 14.5. The fourth-order valence-electron chi connectivity index (χ4n) is 8.38. The first-order valence-electron chi connectivity index (χ1n) is 19.3. The Bertz CT molecular complexity index is 3210. The van der Waals surface area contributed by atoms with Gasteiger partial charge in [0.1, 0.15) is 11.2 Å². The molecule has 0 spiro atoms. The summed E-state index contributed by atoms with van der Waals surface area (Å²) in [4.78, 5) is 2.35. The fraction of sp³-hybridized carbons (Fsp3) is 0. The van der Waals surface area contributed by atoms with Crippen LogP contribution in [0, 0.1) is 0 Å². The van der Waals surface area contributed by atoms with Crippen molar-refractivity contribution in [2.45, 2.75) is 0 Å². The van der Waals surface area contributed by atoms with Crippen molar-refractivity contribution in [2.75, 3.05) is 4.90 Å². The Labute approximate surface area is 335 Å². The number of nitrogens with zero attached hydrogens (tertiary/aromatic N) is 1. The number of fused-ring (bicyclic) bond motifs is 6. The van der Waals surface area contributed by atoms with Crippen LogP contribution in [0.2, 0.25) is 0 Å². The van der Waals surface area contributed by atoms with Crippen LogP contribution in [0.1, 0.15) is 0 Å². The van der Waals surface area contributed by atoms with Gasteiger partial charge in [0, 0.05) is 42.5 Å². The van der Waals surface area contributed by atoms with E-state index in [1.807, 2.05) is 23.5 Å². The second kappa shape index (κ2) is 13.8. The lowest BCUT2D eigenvalue weighted by molar-refractivity contribution is 0.669. The number of hydrogen-bond acceptors (Lipinski definition) is 3. The normalized spacial score (nSPS) is 11.5. The zero-order valence-corrected chi connectivity index (χ0v) is 31.8. The first-order chi connectivity index (χ1) is 28.3. The van der Waals surface area contributed by atoms with E-state index in [9.17, 15) is 0 Å². The van der Waals surface area contributed by atoms with Crippen LogP contribution in [-0.4, -0.2) is 0 Å². The van der Waals surface area contributed by atoms with Crippen LogP contribution in [0.25, 0.3) is 86.6 Å². The first kappa shape index (κ1) is 33.2. The predicted molar refractivity (Wildman–Crippen MR) is 243 cm³/mol. The fourth-order valence-corrected chi connectivity index (χ4v) is 9.61. The van der Waals surface area contributed by atoms with Crippen LogP contribution >= 0.6 is 11.3 Å². The van der Waals surface area contributed by atoms with Gasteiger partial charge < -0.3 is 9.32 Å². The number of rotatable bonds is 7. The molecule has 0 fully saturated rings. The number of furan rings is 1. The molecule has 0 aliphatic heterocycles. The third-order valence-corrected chi connectivity index (χ3v) is 12.3. The molecule has 2 heterocycles. The number of benzene rings is 9. The SMILES string of the molecule is c1ccc(-c2ccc(N(c3ccc(-c4ccc(-c5cccc6c5sc5ccccc56)c(-c5ccccc5)c4)cc3)c3cccc4oc5ccccc5c34)cc2)cc1. The summed E-state index contributed by atoms with van der Waals surface area (Å²) < 4.78 is 9.01. The largest absolute Gasteiger partial charge is 0.456 e. The van der Waals surface area contributed by atoms with Crippen LogP contribution in [0.4, 0.5) is 17.1 Å². The van der Waals surface area contributed by atoms with Crippen molar-refractivity contribution in [2.24, 2.45) is 0 Å². The Kier molecular flexibility index (Phi) is 8.04. The number of anilines is 3. The van der Waals surface area contributed by atoms with Crippen LogP contribution in [-0.2, 0) is 0 Å². The highest BCUT2D eigenvalue weighted by Crippen LogP contribution is 2.46. The van der Waals surface area contributed by atoms with Crippen molar-refractivity contribution in [3.63, 3.8) is 0 Å². The summed E-state index contributed by atoms with van der Waals surface area (Å²) in [5.41, 5.74) is 14.6. The molecular weight excluding hydrogens is 711 g/mol. The molecule has 0 bridgehead atoms. The van der Waals surface area contributed by atoms with E-state index in [4.69, 9.17) is 4.42 Å². The Morgan fingerprint density at radius 3 is 1.67 bits per heavy atom. The topological polar surface area (TPSA) is 16.4 Å². The van der Waals surface area contributed by atoms with Gasteiger partial charge in [0.2, 0.25) is 0 Å². The molecule has 11 rings (SSSR count). The first-order valence-corrected chi connectivity index (χ1v) is 20.1. The lowest BCUT2D eigenvalue weighted by Gasteiger charge is -2.26. The lowest BCUT2D eigenvalue weighted by Crippen LogP contribution is -2.10. The molecule has 0 unspecified atom stereocenters. The van der Waals surface area contributed by atoms with Crippen molar-refractivity contribution >= 4 is 70.5 Å². The van der Waals surface area contributed by atoms with Crippen LogP contribution < -0.4 is 4.90 Å². The van der Waals surface area contributed by atoms with Gasteiger partial charge in [0.25, 0.3) is 0 Å². The average Bonchev–Trinajstić information content (AvgIpc) is 3.87. The summed E-state index contributed by atoms with van der Waals surface area (Å²) >= 11 is 1.88. The van der Waals surface area contributed by atoms with Crippen molar-refractivity contribution in [1.29, 1.82) is 0 Å². The van der Waals surface area contributed by atoms with E-state index < -0.39 is 0 Å². The molecule has 0 N–H and O–H groups in total. The highest BCUT2D eigenvalue weighted by molar-refractivity contribution is 7.26. The highest BCUT2D eigenvalue weighted by atomic mass is 32.1. The summed E-state index contributed by atoms with van der Waals surface area (Å²) in [6, 6.07) is 76.3. The zero-order valence-electron chi connectivity index (χ0n) is 31.0. The van der Waals surface area contributed by atoms with Gasteiger partial charge in [0.05, 0.1) is 11.1 Å². The molecule has 0 aliphatic carbocycles. The van der Waals surface area contributed by atoms with Crippen LogP contribution in [0.5, 0.6) is 0 Å². The van der Waals surface area contributed by atoms with Gasteiger partial charge in [0.15, 0.2) is 0 Å². The van der Waals surface area contributed by atoms with E-state index in [0.29, 0.717) is 0 Å². The molecule has 2 nitrogen and oxygen atoms in total. The molecule has 57 heavy (non-hydrogen) atoms. The van der Waals surface area contributed by atoms with Crippen LogP contribution in [0.15, 0.2) is 217 Å². The van der Waals surface area contributed by atoms with E-state index in [1.54, 1.807) is 0 Å². The van der Waals surface area contributed by atoms with Gasteiger partial charge in [-0.1, -0.05) is 158 Å². The monoisotopic (exact) mass is 745 g/mol. The van der Waals surface area contributed by atoms with Gasteiger partial charge in [-0.15, -0.1) is 11.3 Å². The van der Waals surface area contributed by atoms with Crippen molar-refractivity contribution in [1.82, 2.24) is 0 Å². The Balaban J connectivity index is 1.04. The van der Waals surface area contributed by atoms with Crippen molar-refractivity contribution in [3.05, 3.63) is 212 Å². The molecule has 0 atom stereocenters. The minimum absolute atomic E-state index is 0.871. The number of thiophene rings is 1. The third kappa shape index (κ3) is 5.80. The van der Waals surface area contributed by atoms with E-state index in [0.717, 1.165) is 44.6 Å². The average molecular weight is 746 g/mol. The molecule has 3 heteroatoms.